The number of nitrogens with zero attached hydrogens (tertiary/aromatic N) is 2. The molecule has 1 N–H and O–H groups in total. The molecule has 36 heavy (non-hydrogen) atoms. The summed E-state index contributed by atoms with van der Waals surface area (Å²) in [4.78, 5) is 22.8. The van der Waals surface area contributed by atoms with Crippen LogP contribution in [-0.4, -0.2) is 31.4 Å². The van der Waals surface area contributed by atoms with Crippen LogP contribution in [-0.2, 0) is 20.2 Å². The fourth-order valence-corrected chi connectivity index (χ4v) is 6.18. The highest BCUT2D eigenvalue weighted by atomic mass is 32.2. The number of methoxy groups -OCH3 is 1. The van der Waals surface area contributed by atoms with Gasteiger partial charge in [-0.05, 0) is 69.2 Å². The van der Waals surface area contributed by atoms with Crippen LogP contribution in [0.3, 0.4) is 0 Å². The van der Waals surface area contributed by atoms with E-state index in [4.69, 9.17) is 4.74 Å². The number of fused-ring (bicyclic) bond motifs is 1. The Morgan fingerprint density at radius 2 is 1.81 bits per heavy atom. The monoisotopic (exact) mass is 501 g/mol. The average molecular weight is 502 g/mol. The van der Waals surface area contributed by atoms with Gasteiger partial charge in [0.15, 0.2) is 0 Å². The van der Waals surface area contributed by atoms with Crippen LogP contribution >= 0.6 is 0 Å². The second-order valence-electron chi connectivity index (χ2n) is 9.37. The minimum absolute atomic E-state index is 0.0152. The number of ether oxygens (including phenoxy) is 1. The average Bonchev–Trinajstić information content (AvgIpc) is 3.60. The van der Waals surface area contributed by atoms with Crippen LogP contribution in [0.15, 0.2) is 71.8 Å². The van der Waals surface area contributed by atoms with Crippen molar-refractivity contribution < 1.29 is 17.9 Å². The highest BCUT2D eigenvalue weighted by Crippen LogP contribution is 2.62. The van der Waals surface area contributed by atoms with E-state index in [-0.39, 0.29) is 10.8 Å². The Balaban J connectivity index is 1.59. The zero-order valence-corrected chi connectivity index (χ0v) is 21.4. The normalized spacial score (nSPS) is 19.2. The molecule has 2 heterocycles. The van der Waals surface area contributed by atoms with Gasteiger partial charge in [0.2, 0.25) is 5.91 Å². The first kappa shape index (κ1) is 23.9. The van der Waals surface area contributed by atoms with Crippen LogP contribution in [0.2, 0.25) is 0 Å². The van der Waals surface area contributed by atoms with Gasteiger partial charge >= 0.3 is 0 Å². The summed E-state index contributed by atoms with van der Waals surface area (Å²) in [5.74, 6) is -0.289. The molecule has 0 saturated heterocycles. The van der Waals surface area contributed by atoms with Gasteiger partial charge in [-0.2, -0.15) is 0 Å². The quantitative estimate of drug-likeness (QED) is 0.418. The minimum Gasteiger partial charge on any atom is -0.496 e. The van der Waals surface area contributed by atoms with E-state index in [2.05, 4.69) is 14.7 Å². The van der Waals surface area contributed by atoms with Crippen molar-refractivity contribution in [3.8, 4) is 5.75 Å². The van der Waals surface area contributed by atoms with Gasteiger partial charge in [-0.1, -0.05) is 29.8 Å². The van der Waals surface area contributed by atoms with E-state index < -0.39 is 21.3 Å². The van der Waals surface area contributed by atoms with Gasteiger partial charge in [-0.25, -0.2) is 13.1 Å². The summed E-state index contributed by atoms with van der Waals surface area (Å²) in [6.07, 6.45) is 2.19. The fourth-order valence-electron chi connectivity index (χ4n) is 4.92. The van der Waals surface area contributed by atoms with Crippen molar-refractivity contribution >= 4 is 26.8 Å². The summed E-state index contributed by atoms with van der Waals surface area (Å²) in [5, 5.41) is 0.459. The predicted molar refractivity (Wildman–Crippen MR) is 138 cm³/mol. The van der Waals surface area contributed by atoms with Gasteiger partial charge in [0.1, 0.15) is 5.75 Å². The Labute approximate surface area is 210 Å². The summed E-state index contributed by atoms with van der Waals surface area (Å²) in [6.45, 7) is 5.67. The van der Waals surface area contributed by atoms with Crippen LogP contribution in [0.1, 0.15) is 40.4 Å². The lowest BCUT2D eigenvalue weighted by Crippen LogP contribution is -2.40. The standard InChI is InChI=1S/C28H27N3O4S/c1-17-8-13-25(35-4)22(14-17)28(15-23(28)20-11-9-18(2)29-16-20)27(32)31-36(33,34)26-7-5-6-24-21(26)12-10-19(3)30-24/h5-14,16,23H,15H2,1-4H3,(H,31,32)/t23-,28-/m0/s1. The molecule has 1 amide bonds. The lowest BCUT2D eigenvalue weighted by atomic mass is 9.88. The maximum atomic E-state index is 14.0. The maximum absolute atomic E-state index is 14.0. The molecule has 0 bridgehead atoms. The summed E-state index contributed by atoms with van der Waals surface area (Å²) in [7, 11) is -2.64. The van der Waals surface area contributed by atoms with Gasteiger partial charge in [0, 0.05) is 34.5 Å². The molecule has 1 fully saturated rings. The molecule has 7 nitrogen and oxygen atoms in total. The molecule has 0 aliphatic heterocycles. The highest BCUT2D eigenvalue weighted by molar-refractivity contribution is 7.90. The number of hydrogen-bond acceptors (Lipinski definition) is 6. The Morgan fingerprint density at radius 1 is 1.03 bits per heavy atom. The van der Waals surface area contributed by atoms with Crippen LogP contribution in [0.25, 0.3) is 10.9 Å². The first-order valence-corrected chi connectivity index (χ1v) is 13.2. The van der Waals surface area contributed by atoms with Gasteiger partial charge in [-0.3, -0.25) is 14.8 Å². The lowest BCUT2D eigenvalue weighted by Gasteiger charge is -2.21. The van der Waals surface area contributed by atoms with Gasteiger partial charge < -0.3 is 4.74 Å². The van der Waals surface area contributed by atoms with Crippen LogP contribution in [0.4, 0.5) is 0 Å². The number of amides is 1. The van der Waals surface area contributed by atoms with E-state index in [0.29, 0.717) is 28.6 Å². The second-order valence-corrected chi connectivity index (χ2v) is 11.0. The largest absolute Gasteiger partial charge is 0.496 e. The molecule has 184 valence electrons. The summed E-state index contributed by atoms with van der Waals surface area (Å²) < 4.78 is 35.1. The van der Waals surface area contributed by atoms with Gasteiger partial charge in [0.25, 0.3) is 10.0 Å². The van der Waals surface area contributed by atoms with Gasteiger partial charge in [-0.15, -0.1) is 0 Å². The van der Waals surface area contributed by atoms with Crippen molar-refractivity contribution in [2.75, 3.05) is 7.11 Å². The summed E-state index contributed by atoms with van der Waals surface area (Å²) >= 11 is 0. The Bertz CT molecular complexity index is 1600. The zero-order chi connectivity index (χ0) is 25.7. The van der Waals surface area contributed by atoms with E-state index in [9.17, 15) is 13.2 Å². The van der Waals surface area contributed by atoms with Crippen molar-refractivity contribution in [2.45, 2.75) is 43.4 Å². The number of aryl methyl sites for hydroxylation is 3. The molecule has 0 spiro atoms. The molecule has 2 aromatic carbocycles. The molecular weight excluding hydrogens is 474 g/mol. The molecule has 5 rings (SSSR count). The van der Waals surface area contributed by atoms with E-state index in [0.717, 1.165) is 22.5 Å². The second kappa shape index (κ2) is 8.71. The number of aromatic nitrogens is 2. The molecule has 1 aliphatic rings. The van der Waals surface area contributed by atoms with Crippen molar-refractivity contribution in [3.05, 3.63) is 94.9 Å². The Hall–Kier alpha value is -3.78. The van der Waals surface area contributed by atoms with Crippen molar-refractivity contribution in [1.82, 2.24) is 14.7 Å². The van der Waals surface area contributed by atoms with Crippen LogP contribution in [0, 0.1) is 20.8 Å². The predicted octanol–water partition coefficient (Wildman–Crippen LogP) is 4.49. The van der Waals surface area contributed by atoms with Crippen molar-refractivity contribution in [3.63, 3.8) is 0 Å². The minimum atomic E-state index is -4.19. The molecule has 0 unspecified atom stereocenters. The molecule has 2 aromatic heterocycles. The molecule has 1 saturated carbocycles. The summed E-state index contributed by atoms with van der Waals surface area (Å²) in [6, 6.07) is 17.8. The molecule has 8 heteroatoms. The number of carbonyl (C=O) groups excluding carboxylic acids is 1. The number of carbonyl (C=O) groups is 1. The third kappa shape index (κ3) is 4.01. The lowest BCUT2D eigenvalue weighted by molar-refractivity contribution is -0.122. The third-order valence-corrected chi connectivity index (χ3v) is 8.28. The first-order valence-electron chi connectivity index (χ1n) is 11.7. The number of pyridine rings is 2. The van der Waals surface area contributed by atoms with E-state index >= 15 is 0 Å². The highest BCUT2D eigenvalue weighted by Gasteiger charge is 2.63. The number of rotatable bonds is 6. The topological polar surface area (TPSA) is 98.2 Å². The molecular formula is C28H27N3O4S. The summed E-state index contributed by atoms with van der Waals surface area (Å²) in [5.41, 5.74) is 3.57. The van der Waals surface area contributed by atoms with Crippen LogP contribution in [0.5, 0.6) is 5.75 Å². The Morgan fingerprint density at radius 3 is 2.53 bits per heavy atom. The molecule has 0 radical (unpaired) electrons. The number of benzene rings is 2. The van der Waals surface area contributed by atoms with E-state index in [1.165, 1.54) is 6.07 Å². The molecule has 2 atom stereocenters. The zero-order valence-electron chi connectivity index (χ0n) is 20.6. The van der Waals surface area contributed by atoms with Crippen molar-refractivity contribution in [1.29, 1.82) is 0 Å². The SMILES string of the molecule is COc1ccc(C)cc1[C@@]1(C(=O)NS(=O)(=O)c2cccc3nc(C)ccc23)C[C@H]1c1ccc(C)nc1. The van der Waals surface area contributed by atoms with Gasteiger partial charge in [0.05, 0.1) is 22.9 Å². The number of nitrogens with one attached hydrogen (secondary N) is 1. The number of sulfonamides is 1. The third-order valence-electron chi connectivity index (χ3n) is 6.89. The molecule has 1 aliphatic carbocycles. The van der Waals surface area contributed by atoms with E-state index in [1.807, 2.05) is 51.1 Å². The first-order chi connectivity index (χ1) is 17.2. The smallest absolute Gasteiger partial charge is 0.264 e. The van der Waals surface area contributed by atoms with E-state index in [1.54, 1.807) is 37.6 Å². The fraction of sp³-hybridized carbons (Fsp3) is 0.250. The Kier molecular flexibility index (Phi) is 5.79. The molecule has 4 aromatic rings. The maximum Gasteiger partial charge on any atom is 0.264 e. The van der Waals surface area contributed by atoms with Crippen molar-refractivity contribution in [2.24, 2.45) is 0 Å². The number of hydrogen-bond donors (Lipinski definition) is 1. The van der Waals surface area contributed by atoms with Crippen LogP contribution < -0.4 is 9.46 Å².